The molecule has 0 aromatic heterocycles. The lowest BCUT2D eigenvalue weighted by molar-refractivity contribution is -0.344. The summed E-state index contributed by atoms with van der Waals surface area (Å²) in [6.45, 7) is 16.3. The summed E-state index contributed by atoms with van der Waals surface area (Å²) in [5.41, 5.74) is -1.63. The summed E-state index contributed by atoms with van der Waals surface area (Å²) >= 11 is 0. The van der Waals surface area contributed by atoms with E-state index >= 15 is 0 Å². The first-order valence-electron chi connectivity index (χ1n) is 22.0. The molecule has 0 radical (unpaired) electrons. The van der Waals surface area contributed by atoms with Crippen LogP contribution in [0.25, 0.3) is 0 Å². The van der Waals surface area contributed by atoms with Crippen LogP contribution in [0.2, 0.25) is 0 Å². The van der Waals surface area contributed by atoms with Gasteiger partial charge in [-0.3, -0.25) is 0 Å². The van der Waals surface area contributed by atoms with E-state index in [-0.39, 0.29) is 36.6 Å². The van der Waals surface area contributed by atoms with Crippen LogP contribution in [0, 0.1) is 17.8 Å². The number of rotatable bonds is 10. The van der Waals surface area contributed by atoms with Gasteiger partial charge in [0.25, 0.3) is 0 Å². The predicted molar refractivity (Wildman–Crippen MR) is 212 cm³/mol. The fourth-order valence-electron chi connectivity index (χ4n) is 11.0. The second-order valence-electron chi connectivity index (χ2n) is 19.6. The topological polar surface area (TPSA) is 183 Å². The molecule has 0 bridgehead atoms. The van der Waals surface area contributed by atoms with E-state index in [2.05, 4.69) is 26.5 Å². The number of fused-ring (bicyclic) bond motifs is 1. The van der Waals surface area contributed by atoms with Crippen molar-refractivity contribution in [2.24, 2.45) is 17.8 Å². The lowest BCUT2D eigenvalue weighted by Gasteiger charge is -2.52. The molecule has 17 atom stereocenters. The largest absolute Gasteiger partial charge is 0.479 e. The van der Waals surface area contributed by atoms with Crippen LogP contribution in [0.1, 0.15) is 131 Å². The summed E-state index contributed by atoms with van der Waals surface area (Å²) < 4.78 is 45.5. The van der Waals surface area contributed by atoms with Crippen molar-refractivity contribution in [1.82, 2.24) is 0 Å². The van der Waals surface area contributed by atoms with Gasteiger partial charge in [0, 0.05) is 38.0 Å². The SMILES string of the molecule is C=C1[C@@H](O)[C@@H]2O[C@]3(CC[C@H](/C=C/[C@@H](C)[C@@H]4CC(C)=C[C@]5(O4)O[C@](C)(C[C@@](C)(O)C(=O)O)CC[C@H]5O)O3)CC[C@H]2O[C@@H]1[C@@H](O)C[C@H](C)C1O[C@@]2(CCCCO2)CC[C@H]1C. The lowest BCUT2D eigenvalue weighted by atomic mass is 9.79. The molecular formula is C45H70O13. The molecule has 1 unspecified atom stereocenters. The number of aliphatic hydroxyl groups is 4. The molecule has 0 aromatic rings. The van der Waals surface area contributed by atoms with Gasteiger partial charge in [0.2, 0.25) is 5.79 Å². The number of carboxylic acids is 1. The highest BCUT2D eigenvalue weighted by molar-refractivity contribution is 5.76. The Morgan fingerprint density at radius 3 is 2.48 bits per heavy atom. The molecule has 58 heavy (non-hydrogen) atoms. The Balaban J connectivity index is 0.929. The fraction of sp³-hybridized carbons (Fsp3) is 0.844. The number of carboxylic acid groups (broad SMARTS) is 1. The molecule has 7 aliphatic rings. The number of aliphatic carboxylic acids is 1. The third kappa shape index (κ3) is 9.07. The zero-order valence-electron chi connectivity index (χ0n) is 35.5. The Kier molecular flexibility index (Phi) is 12.9. The predicted octanol–water partition coefficient (Wildman–Crippen LogP) is 5.60. The Bertz CT molecular complexity index is 1560. The van der Waals surface area contributed by atoms with Crippen LogP contribution in [0.3, 0.4) is 0 Å². The monoisotopic (exact) mass is 818 g/mol. The zero-order chi connectivity index (χ0) is 41.8. The molecule has 7 aliphatic heterocycles. The summed E-state index contributed by atoms with van der Waals surface area (Å²) in [6, 6.07) is 0. The van der Waals surface area contributed by atoms with Gasteiger partial charge in [-0.1, -0.05) is 45.1 Å². The van der Waals surface area contributed by atoms with Crippen LogP contribution in [0.5, 0.6) is 0 Å². The average molecular weight is 819 g/mol. The molecular weight excluding hydrogens is 748 g/mol. The molecule has 7 rings (SSSR count). The van der Waals surface area contributed by atoms with Gasteiger partial charge in [-0.2, -0.15) is 0 Å². The van der Waals surface area contributed by atoms with Gasteiger partial charge in [-0.25, -0.2) is 4.79 Å². The maximum atomic E-state index is 11.7. The fourth-order valence-corrected chi connectivity index (χ4v) is 11.0. The molecule has 328 valence electrons. The summed E-state index contributed by atoms with van der Waals surface area (Å²) in [7, 11) is 0. The Labute approximate surface area is 344 Å². The molecule has 0 amide bonds. The van der Waals surface area contributed by atoms with E-state index in [0.717, 1.165) is 50.7 Å². The van der Waals surface area contributed by atoms with E-state index in [9.17, 15) is 30.3 Å². The van der Waals surface area contributed by atoms with Gasteiger partial charge >= 0.3 is 5.97 Å². The average Bonchev–Trinajstić information content (AvgIpc) is 3.56. The minimum atomic E-state index is -2.00. The Hall–Kier alpha value is -1.75. The van der Waals surface area contributed by atoms with Crippen LogP contribution < -0.4 is 0 Å². The normalized spacial score (nSPS) is 46.1. The van der Waals surface area contributed by atoms with Gasteiger partial charge in [-0.15, -0.1) is 0 Å². The highest BCUT2D eigenvalue weighted by Crippen LogP contribution is 2.48. The molecule has 0 saturated carbocycles. The van der Waals surface area contributed by atoms with Crippen molar-refractivity contribution in [1.29, 1.82) is 0 Å². The number of aliphatic hydroxyl groups excluding tert-OH is 3. The van der Waals surface area contributed by atoms with E-state index in [4.69, 9.17) is 33.2 Å². The Morgan fingerprint density at radius 2 is 1.76 bits per heavy atom. The van der Waals surface area contributed by atoms with E-state index in [1.807, 2.05) is 19.9 Å². The van der Waals surface area contributed by atoms with E-state index in [1.54, 1.807) is 13.0 Å². The van der Waals surface area contributed by atoms with Crippen LogP contribution >= 0.6 is 0 Å². The van der Waals surface area contributed by atoms with Crippen molar-refractivity contribution >= 4 is 5.97 Å². The van der Waals surface area contributed by atoms with Gasteiger partial charge in [-0.05, 0) is 102 Å². The molecule has 0 aliphatic carbocycles. The molecule has 7 heterocycles. The van der Waals surface area contributed by atoms with E-state index in [0.29, 0.717) is 56.4 Å². The molecule has 5 N–H and O–H groups in total. The van der Waals surface area contributed by atoms with Gasteiger partial charge in [0.15, 0.2) is 17.2 Å². The van der Waals surface area contributed by atoms with Crippen molar-refractivity contribution < 1.29 is 63.5 Å². The second-order valence-corrected chi connectivity index (χ2v) is 19.6. The van der Waals surface area contributed by atoms with Gasteiger partial charge in [0.1, 0.15) is 24.4 Å². The molecule has 3 spiro atoms. The minimum absolute atomic E-state index is 0.0436. The van der Waals surface area contributed by atoms with Crippen LogP contribution in [-0.4, -0.2) is 122 Å². The molecule has 0 aromatic carbocycles. The molecule has 13 heteroatoms. The minimum Gasteiger partial charge on any atom is -0.479 e. The molecule has 6 fully saturated rings. The highest BCUT2D eigenvalue weighted by Gasteiger charge is 2.56. The van der Waals surface area contributed by atoms with E-state index < -0.39 is 71.2 Å². The van der Waals surface area contributed by atoms with Crippen molar-refractivity contribution in [3.8, 4) is 0 Å². The quantitative estimate of drug-likeness (QED) is 0.172. The first-order chi connectivity index (χ1) is 27.3. The Morgan fingerprint density at radius 1 is 1.02 bits per heavy atom. The van der Waals surface area contributed by atoms with Crippen LogP contribution in [0.15, 0.2) is 36.0 Å². The first kappa shape index (κ1) is 44.3. The number of hydrogen-bond acceptors (Lipinski definition) is 12. The van der Waals surface area contributed by atoms with Crippen LogP contribution in [-0.2, 0) is 38.0 Å². The molecule has 13 nitrogen and oxygen atoms in total. The summed E-state index contributed by atoms with van der Waals surface area (Å²) in [6.07, 6.45) is 9.82. The van der Waals surface area contributed by atoms with Gasteiger partial charge < -0.3 is 58.7 Å². The zero-order valence-corrected chi connectivity index (χ0v) is 35.5. The summed E-state index contributed by atoms with van der Waals surface area (Å²) in [5, 5.41) is 54.4. The van der Waals surface area contributed by atoms with Crippen molar-refractivity contribution in [3.05, 3.63) is 36.0 Å². The van der Waals surface area contributed by atoms with Crippen molar-refractivity contribution in [2.45, 2.75) is 215 Å². The summed E-state index contributed by atoms with van der Waals surface area (Å²) in [4.78, 5) is 11.7. The van der Waals surface area contributed by atoms with Crippen molar-refractivity contribution in [3.63, 3.8) is 0 Å². The van der Waals surface area contributed by atoms with Crippen LogP contribution in [0.4, 0.5) is 0 Å². The first-order valence-corrected chi connectivity index (χ1v) is 22.0. The second kappa shape index (κ2) is 16.8. The number of hydrogen-bond donors (Lipinski definition) is 5. The maximum absolute atomic E-state index is 11.7. The number of carbonyl (C=O) groups is 1. The third-order valence-corrected chi connectivity index (χ3v) is 14.3. The summed E-state index contributed by atoms with van der Waals surface area (Å²) in [5.74, 6) is -3.88. The van der Waals surface area contributed by atoms with Gasteiger partial charge in [0.05, 0.1) is 42.7 Å². The third-order valence-electron chi connectivity index (χ3n) is 14.3. The smallest absolute Gasteiger partial charge is 0.335 e. The highest BCUT2D eigenvalue weighted by atomic mass is 16.7. The maximum Gasteiger partial charge on any atom is 0.335 e. The lowest BCUT2D eigenvalue weighted by Crippen LogP contribution is -2.60. The number of ether oxygens (including phenoxy) is 7. The standard InChI is InChI=1S/C45H70O13/c1-26-22-34(55-45(24-26)35(47)15-17-41(6,58-45)25-42(7,51)40(49)50)27(2)10-11-31-13-19-44(54-31)20-14-33-39(57-44)36(48)30(5)38(53-33)32(46)23-29(4)37-28(3)12-18-43(56-37)16-8-9-21-52-43/h10-11,24,27-29,31-39,46-48,51H,5,8-9,12-23,25H2,1-4,6-7H3,(H,49,50)/b11-10+/t27-,28-,29+,31+,32+,33-,34+,35-,36-,37?,38+,39-,41+,42-,43+,44-,45+/m1/s1. The van der Waals surface area contributed by atoms with Crippen molar-refractivity contribution in [2.75, 3.05) is 6.61 Å². The van der Waals surface area contributed by atoms with E-state index in [1.165, 1.54) is 6.92 Å². The molecule has 6 saturated heterocycles.